The zero-order valence-corrected chi connectivity index (χ0v) is 17.0. The maximum atomic E-state index is 12.2. The quantitative estimate of drug-likeness (QED) is 0.564. The number of likely N-dealkylation sites (tertiary alicyclic amines) is 1. The van der Waals surface area contributed by atoms with Crippen molar-refractivity contribution < 1.29 is 23.1 Å². The number of fused-ring (bicyclic) bond motifs is 1. The summed E-state index contributed by atoms with van der Waals surface area (Å²) in [4.78, 5) is 25.6. The molecule has 26 heavy (non-hydrogen) atoms. The fourth-order valence-corrected chi connectivity index (χ4v) is 4.40. The van der Waals surface area contributed by atoms with Crippen molar-refractivity contribution in [1.82, 2.24) is 14.5 Å². The number of carbonyl (C=O) groups excluding carboxylic acids is 1. The third-order valence-electron chi connectivity index (χ3n) is 5.37. The molecule has 152 valence electrons. The fraction of sp³-hybridized carbons (Fsp3) is 0.875. The van der Waals surface area contributed by atoms with Gasteiger partial charge in [0.15, 0.2) is 0 Å². The van der Waals surface area contributed by atoms with Crippen LogP contribution in [0.5, 0.6) is 0 Å². The van der Waals surface area contributed by atoms with Gasteiger partial charge in [0.25, 0.3) is 0 Å². The Labute approximate surface area is 161 Å². The highest BCUT2D eigenvalue weighted by atomic mass is 35.5. The third kappa shape index (κ3) is 6.07. The van der Waals surface area contributed by atoms with Crippen molar-refractivity contribution in [3.8, 4) is 0 Å². The predicted molar refractivity (Wildman–Crippen MR) is 101 cm³/mol. The maximum absolute atomic E-state index is 12.2. The van der Waals surface area contributed by atoms with Crippen molar-refractivity contribution >= 4 is 34.3 Å². The van der Waals surface area contributed by atoms with Crippen LogP contribution < -0.4 is 5.32 Å². The van der Waals surface area contributed by atoms with Crippen molar-refractivity contribution in [2.24, 2.45) is 5.92 Å². The first-order valence-electron chi connectivity index (χ1n) is 8.86. The number of nitrogens with zero attached hydrogens (tertiary/aromatic N) is 2. The number of carbonyl (C=O) groups is 2. The second-order valence-electron chi connectivity index (χ2n) is 7.16. The second-order valence-corrected chi connectivity index (χ2v) is 9.25. The van der Waals surface area contributed by atoms with Gasteiger partial charge in [0.05, 0.1) is 12.8 Å². The number of nitrogens with one attached hydrogen (secondary N) is 1. The van der Waals surface area contributed by atoms with Gasteiger partial charge in [0.2, 0.25) is 15.9 Å². The minimum Gasteiger partial charge on any atom is -0.480 e. The van der Waals surface area contributed by atoms with Crippen LogP contribution in [0.4, 0.5) is 0 Å². The van der Waals surface area contributed by atoms with E-state index in [1.807, 2.05) is 4.90 Å². The molecule has 2 rings (SSSR count). The van der Waals surface area contributed by atoms with Crippen LogP contribution in [0, 0.1) is 5.92 Å². The lowest BCUT2D eigenvalue weighted by atomic mass is 9.85. The van der Waals surface area contributed by atoms with E-state index < -0.39 is 22.0 Å². The van der Waals surface area contributed by atoms with E-state index in [-0.39, 0.29) is 30.9 Å². The molecule has 1 saturated heterocycles. The lowest BCUT2D eigenvalue weighted by Gasteiger charge is -2.32. The molecular weight excluding hydrogens is 382 g/mol. The molecule has 2 N–H and O–H groups in total. The highest BCUT2D eigenvalue weighted by molar-refractivity contribution is 7.88. The number of hydrogen-bond acceptors (Lipinski definition) is 5. The number of carboxylic acids is 1. The van der Waals surface area contributed by atoms with Crippen LogP contribution in [-0.2, 0) is 19.6 Å². The number of halogens is 1. The van der Waals surface area contributed by atoms with Crippen LogP contribution in [0.2, 0.25) is 0 Å². The van der Waals surface area contributed by atoms with Crippen molar-refractivity contribution in [1.29, 1.82) is 0 Å². The molecule has 8 nitrogen and oxygen atoms in total. The second kappa shape index (κ2) is 9.87. The molecule has 0 spiro atoms. The standard InChI is InChI=1S/C16H29N3O5S.ClH/c1-18(25(2,23)24)9-5-8-17-15(20)11-19-13-7-4-3-6-12(13)10-14(19)16(21)22;/h12-14H,3-11H2,1-2H3,(H,17,20)(H,21,22);1H. The number of amides is 1. The van der Waals surface area contributed by atoms with Gasteiger partial charge in [-0.05, 0) is 31.6 Å². The van der Waals surface area contributed by atoms with Gasteiger partial charge in [-0.3, -0.25) is 14.5 Å². The van der Waals surface area contributed by atoms with Crippen LogP contribution in [-0.4, -0.2) is 79.6 Å². The number of rotatable bonds is 8. The predicted octanol–water partition coefficient (Wildman–Crippen LogP) is 0.524. The van der Waals surface area contributed by atoms with E-state index in [0.29, 0.717) is 31.8 Å². The van der Waals surface area contributed by atoms with Crippen LogP contribution in [0.25, 0.3) is 0 Å². The molecule has 1 aliphatic heterocycles. The molecule has 1 heterocycles. The van der Waals surface area contributed by atoms with Gasteiger partial charge in [-0.2, -0.15) is 0 Å². The topological polar surface area (TPSA) is 107 Å². The lowest BCUT2D eigenvalue weighted by molar-refractivity contribution is -0.143. The highest BCUT2D eigenvalue weighted by Gasteiger charge is 2.45. The molecule has 0 bridgehead atoms. The zero-order chi connectivity index (χ0) is 18.6. The summed E-state index contributed by atoms with van der Waals surface area (Å²) in [5.74, 6) is -0.664. The summed E-state index contributed by atoms with van der Waals surface area (Å²) >= 11 is 0. The molecule has 10 heteroatoms. The molecule has 2 fully saturated rings. The van der Waals surface area contributed by atoms with Gasteiger partial charge in [0.1, 0.15) is 6.04 Å². The summed E-state index contributed by atoms with van der Waals surface area (Å²) in [6.45, 7) is 0.809. The molecular formula is C16H30ClN3O5S. The van der Waals surface area contributed by atoms with Crippen LogP contribution >= 0.6 is 12.4 Å². The first-order valence-corrected chi connectivity index (χ1v) is 10.7. The van der Waals surface area contributed by atoms with Gasteiger partial charge in [-0.25, -0.2) is 12.7 Å². The highest BCUT2D eigenvalue weighted by Crippen LogP contribution is 2.39. The Bertz CT molecular complexity index is 601. The first-order chi connectivity index (χ1) is 11.7. The average Bonchev–Trinajstić information content (AvgIpc) is 2.89. The lowest BCUT2D eigenvalue weighted by Crippen LogP contribution is -2.47. The van der Waals surface area contributed by atoms with Gasteiger partial charge >= 0.3 is 5.97 Å². The summed E-state index contributed by atoms with van der Waals surface area (Å²) in [5.41, 5.74) is 0. The maximum Gasteiger partial charge on any atom is 0.320 e. The van der Waals surface area contributed by atoms with E-state index in [2.05, 4.69) is 5.32 Å². The molecule has 3 atom stereocenters. The van der Waals surface area contributed by atoms with Crippen LogP contribution in [0.1, 0.15) is 38.5 Å². The largest absolute Gasteiger partial charge is 0.480 e. The number of aliphatic carboxylic acids is 1. The Kier molecular flexibility index (Phi) is 8.78. The average molecular weight is 412 g/mol. The van der Waals surface area contributed by atoms with E-state index in [4.69, 9.17) is 0 Å². The number of sulfonamides is 1. The van der Waals surface area contributed by atoms with E-state index in [9.17, 15) is 23.1 Å². The first kappa shape index (κ1) is 23.1. The number of carboxylic acid groups (broad SMARTS) is 1. The van der Waals surface area contributed by atoms with Gasteiger partial charge in [-0.1, -0.05) is 12.8 Å². The molecule has 3 unspecified atom stereocenters. The molecule has 0 aromatic rings. The molecule has 1 aliphatic carbocycles. The molecule has 0 aromatic carbocycles. The van der Waals surface area contributed by atoms with Gasteiger partial charge in [0, 0.05) is 26.2 Å². The van der Waals surface area contributed by atoms with Gasteiger partial charge < -0.3 is 10.4 Å². The van der Waals surface area contributed by atoms with Crippen molar-refractivity contribution in [2.75, 3.05) is 32.9 Å². The smallest absolute Gasteiger partial charge is 0.320 e. The molecule has 2 aliphatic rings. The Morgan fingerprint density at radius 3 is 2.54 bits per heavy atom. The van der Waals surface area contributed by atoms with E-state index in [0.717, 1.165) is 31.9 Å². The molecule has 1 amide bonds. The van der Waals surface area contributed by atoms with Crippen LogP contribution in [0.15, 0.2) is 0 Å². The fourth-order valence-electron chi connectivity index (χ4n) is 3.94. The molecule has 1 saturated carbocycles. The summed E-state index contributed by atoms with van der Waals surface area (Å²) in [5, 5.41) is 12.2. The summed E-state index contributed by atoms with van der Waals surface area (Å²) < 4.78 is 23.8. The van der Waals surface area contributed by atoms with Gasteiger partial charge in [-0.15, -0.1) is 12.4 Å². The summed E-state index contributed by atoms with van der Waals surface area (Å²) in [7, 11) is -1.70. The van der Waals surface area contributed by atoms with Crippen molar-refractivity contribution in [3.63, 3.8) is 0 Å². The number of hydrogen-bond donors (Lipinski definition) is 2. The normalized spacial score (nSPS) is 26.2. The Balaban J connectivity index is 0.00000338. The minimum absolute atomic E-state index is 0. The zero-order valence-electron chi connectivity index (χ0n) is 15.4. The van der Waals surface area contributed by atoms with Crippen molar-refractivity contribution in [3.05, 3.63) is 0 Å². The molecule has 0 radical (unpaired) electrons. The Hall–Kier alpha value is -0.900. The summed E-state index contributed by atoms with van der Waals surface area (Å²) in [6.07, 6.45) is 6.53. The third-order valence-corrected chi connectivity index (χ3v) is 6.69. The summed E-state index contributed by atoms with van der Waals surface area (Å²) in [6, 6.07) is -0.382. The molecule has 0 aromatic heterocycles. The van der Waals surface area contributed by atoms with E-state index in [1.54, 1.807) is 0 Å². The van der Waals surface area contributed by atoms with E-state index in [1.165, 1.54) is 11.4 Å². The van der Waals surface area contributed by atoms with Crippen molar-refractivity contribution in [2.45, 2.75) is 50.6 Å². The van der Waals surface area contributed by atoms with E-state index >= 15 is 0 Å². The monoisotopic (exact) mass is 411 g/mol. The van der Waals surface area contributed by atoms with Crippen LogP contribution in [0.3, 0.4) is 0 Å². The Morgan fingerprint density at radius 1 is 1.27 bits per heavy atom. The SMILES string of the molecule is CN(CCCNC(=O)CN1C(C(=O)O)CC2CCCCC21)S(C)(=O)=O.Cl. The minimum atomic E-state index is -3.21. The Morgan fingerprint density at radius 2 is 1.92 bits per heavy atom.